The number of thiazole rings is 1. The minimum atomic E-state index is -0.983. The molecule has 0 spiro atoms. The molecule has 0 saturated carbocycles. The number of aromatic nitrogens is 1. The smallest absolute Gasteiger partial charge is 0.225 e. The molecule has 0 bridgehead atoms. The Labute approximate surface area is 109 Å². The summed E-state index contributed by atoms with van der Waals surface area (Å²) in [5.74, 6) is -0.246. The Bertz CT molecular complexity index is 449. The largest absolute Gasteiger partial charge is 0.394 e. The quantitative estimate of drug-likeness (QED) is 0.591. The van der Waals surface area contributed by atoms with Crippen molar-refractivity contribution in [1.29, 1.82) is 0 Å². The van der Waals surface area contributed by atoms with Crippen LogP contribution in [0.2, 0.25) is 0 Å². The molecule has 96 valence electrons. The molecule has 1 rings (SSSR count). The summed E-state index contributed by atoms with van der Waals surface area (Å²) in [6.07, 6.45) is 0.194. The first-order valence-corrected chi connectivity index (χ1v) is 6.34. The van der Waals surface area contributed by atoms with Crippen molar-refractivity contribution in [3.8, 4) is 0 Å². The molecule has 0 aliphatic carbocycles. The SMILES string of the molecule is Cc1[nH]c(=S)sc1CC(=O)NC(C)(CO)CO. The third-order valence-corrected chi connectivity index (χ3v) is 3.72. The molecule has 0 unspecified atom stereocenters. The molecule has 4 N–H and O–H groups in total. The van der Waals surface area contributed by atoms with Gasteiger partial charge in [0.15, 0.2) is 3.95 Å². The highest BCUT2D eigenvalue weighted by molar-refractivity contribution is 7.73. The van der Waals surface area contributed by atoms with Crippen LogP contribution in [-0.2, 0) is 11.2 Å². The molecule has 1 amide bonds. The van der Waals surface area contributed by atoms with Crippen molar-refractivity contribution in [2.75, 3.05) is 13.2 Å². The number of carbonyl (C=O) groups excluding carboxylic acids is 1. The minimum Gasteiger partial charge on any atom is -0.394 e. The van der Waals surface area contributed by atoms with Crippen molar-refractivity contribution in [3.05, 3.63) is 14.5 Å². The summed E-state index contributed by atoms with van der Waals surface area (Å²) in [4.78, 5) is 15.6. The Hall–Kier alpha value is -0.760. The van der Waals surface area contributed by atoms with Gasteiger partial charge in [-0.25, -0.2) is 0 Å². The van der Waals surface area contributed by atoms with Crippen LogP contribution in [0.5, 0.6) is 0 Å². The van der Waals surface area contributed by atoms with E-state index < -0.39 is 5.54 Å². The fourth-order valence-corrected chi connectivity index (χ4v) is 2.55. The van der Waals surface area contributed by atoms with Crippen LogP contribution >= 0.6 is 23.6 Å². The van der Waals surface area contributed by atoms with E-state index in [9.17, 15) is 4.79 Å². The molecule has 1 heterocycles. The van der Waals surface area contributed by atoms with E-state index in [-0.39, 0.29) is 25.5 Å². The molecular formula is C10H16N2O3S2. The van der Waals surface area contributed by atoms with Crippen molar-refractivity contribution in [3.63, 3.8) is 0 Å². The molecule has 0 saturated heterocycles. The van der Waals surface area contributed by atoms with Crippen LogP contribution in [-0.4, -0.2) is 39.9 Å². The minimum absolute atomic E-state index is 0.194. The van der Waals surface area contributed by atoms with E-state index in [0.717, 1.165) is 10.6 Å². The lowest BCUT2D eigenvalue weighted by molar-refractivity contribution is -0.123. The first kappa shape index (κ1) is 14.3. The Morgan fingerprint density at radius 2 is 2.12 bits per heavy atom. The van der Waals surface area contributed by atoms with E-state index in [1.54, 1.807) is 6.92 Å². The summed E-state index contributed by atoms with van der Waals surface area (Å²) in [6.45, 7) is 2.82. The monoisotopic (exact) mass is 276 g/mol. The zero-order chi connectivity index (χ0) is 13.1. The maximum absolute atomic E-state index is 11.7. The molecule has 7 heteroatoms. The number of aryl methyl sites for hydroxylation is 1. The van der Waals surface area contributed by atoms with Gasteiger partial charge in [0.2, 0.25) is 5.91 Å². The maximum Gasteiger partial charge on any atom is 0.225 e. The standard InChI is InChI=1S/C10H16N2O3S2/c1-6-7(17-9(16)11-6)3-8(15)12-10(2,4-13)5-14/h13-14H,3-5H2,1-2H3,(H,11,16)(H,12,15). The third-order valence-electron chi connectivity index (χ3n) is 2.38. The molecular weight excluding hydrogens is 260 g/mol. The predicted octanol–water partition coefficient (Wildman–Crippen LogP) is 0.516. The topological polar surface area (TPSA) is 85.4 Å². The number of amides is 1. The second-order valence-corrected chi connectivity index (χ2v) is 5.94. The van der Waals surface area contributed by atoms with E-state index in [2.05, 4.69) is 10.3 Å². The number of rotatable bonds is 5. The number of hydrogen-bond donors (Lipinski definition) is 4. The normalized spacial score (nSPS) is 11.5. The zero-order valence-electron chi connectivity index (χ0n) is 9.74. The van der Waals surface area contributed by atoms with Crippen LogP contribution < -0.4 is 5.32 Å². The highest BCUT2D eigenvalue weighted by Gasteiger charge is 2.24. The number of aromatic amines is 1. The third kappa shape index (κ3) is 3.88. The fraction of sp³-hybridized carbons (Fsp3) is 0.600. The average molecular weight is 276 g/mol. The number of H-pyrrole nitrogens is 1. The first-order chi connectivity index (χ1) is 7.90. The maximum atomic E-state index is 11.7. The molecule has 1 aromatic heterocycles. The Morgan fingerprint density at radius 3 is 2.53 bits per heavy atom. The van der Waals surface area contributed by atoms with E-state index in [4.69, 9.17) is 22.4 Å². The lowest BCUT2D eigenvalue weighted by atomic mass is 10.1. The second-order valence-electron chi connectivity index (χ2n) is 4.16. The van der Waals surface area contributed by atoms with Gasteiger partial charge in [0.05, 0.1) is 25.2 Å². The van der Waals surface area contributed by atoms with Crippen molar-refractivity contribution < 1.29 is 15.0 Å². The van der Waals surface area contributed by atoms with Crippen LogP contribution in [0.4, 0.5) is 0 Å². The number of aliphatic hydroxyl groups is 2. The Balaban J connectivity index is 2.67. The molecule has 0 radical (unpaired) electrons. The summed E-state index contributed by atoms with van der Waals surface area (Å²) < 4.78 is 0.636. The molecule has 17 heavy (non-hydrogen) atoms. The number of hydrogen-bond acceptors (Lipinski definition) is 5. The van der Waals surface area contributed by atoms with Gasteiger partial charge in [-0.05, 0) is 26.1 Å². The molecule has 0 fully saturated rings. The van der Waals surface area contributed by atoms with Gasteiger partial charge in [-0.2, -0.15) is 0 Å². The summed E-state index contributed by atoms with van der Waals surface area (Å²) in [5, 5.41) is 20.7. The molecule has 1 aromatic rings. The summed E-state index contributed by atoms with van der Waals surface area (Å²) in [7, 11) is 0. The second kappa shape index (κ2) is 5.72. The Kier molecular flexibility index (Phi) is 4.81. The van der Waals surface area contributed by atoms with Crippen molar-refractivity contribution in [2.24, 2.45) is 0 Å². The highest BCUT2D eigenvalue weighted by Crippen LogP contribution is 2.15. The molecule has 0 aliphatic heterocycles. The van der Waals surface area contributed by atoms with Crippen LogP contribution in [0.1, 0.15) is 17.5 Å². The van der Waals surface area contributed by atoms with Crippen molar-refractivity contribution >= 4 is 29.5 Å². The van der Waals surface area contributed by atoms with E-state index in [0.29, 0.717) is 3.95 Å². The first-order valence-electron chi connectivity index (χ1n) is 5.11. The highest BCUT2D eigenvalue weighted by atomic mass is 32.1. The van der Waals surface area contributed by atoms with Crippen molar-refractivity contribution in [1.82, 2.24) is 10.3 Å². The molecule has 0 atom stereocenters. The molecule has 5 nitrogen and oxygen atoms in total. The van der Waals surface area contributed by atoms with Crippen LogP contribution in [0.25, 0.3) is 0 Å². The molecule has 0 aromatic carbocycles. The van der Waals surface area contributed by atoms with E-state index in [1.165, 1.54) is 11.3 Å². The van der Waals surface area contributed by atoms with Gasteiger partial charge in [0, 0.05) is 10.6 Å². The van der Waals surface area contributed by atoms with Crippen molar-refractivity contribution in [2.45, 2.75) is 25.8 Å². The lowest BCUT2D eigenvalue weighted by Crippen LogP contribution is -2.52. The van der Waals surface area contributed by atoms with Crippen LogP contribution in [0, 0.1) is 10.9 Å². The zero-order valence-corrected chi connectivity index (χ0v) is 11.4. The van der Waals surface area contributed by atoms with Crippen LogP contribution in [0.15, 0.2) is 0 Å². The average Bonchev–Trinajstić information content (AvgIpc) is 2.57. The predicted molar refractivity (Wildman–Crippen MR) is 68.7 cm³/mol. The Morgan fingerprint density at radius 1 is 1.53 bits per heavy atom. The van der Waals surface area contributed by atoms with Gasteiger partial charge in [-0.15, -0.1) is 11.3 Å². The summed E-state index contributed by atoms with van der Waals surface area (Å²) >= 11 is 6.34. The lowest BCUT2D eigenvalue weighted by Gasteiger charge is -2.26. The van der Waals surface area contributed by atoms with Gasteiger partial charge in [-0.3, -0.25) is 4.79 Å². The van der Waals surface area contributed by atoms with Gasteiger partial charge in [-0.1, -0.05) is 0 Å². The molecule has 0 aliphatic rings. The number of aliphatic hydroxyl groups excluding tert-OH is 2. The van der Waals surface area contributed by atoms with Gasteiger partial charge >= 0.3 is 0 Å². The number of carbonyl (C=O) groups is 1. The van der Waals surface area contributed by atoms with Gasteiger partial charge < -0.3 is 20.5 Å². The van der Waals surface area contributed by atoms with Crippen LogP contribution in [0.3, 0.4) is 0 Å². The van der Waals surface area contributed by atoms with E-state index >= 15 is 0 Å². The van der Waals surface area contributed by atoms with E-state index in [1.807, 2.05) is 6.92 Å². The summed E-state index contributed by atoms with van der Waals surface area (Å²) in [6, 6.07) is 0. The number of nitrogens with one attached hydrogen (secondary N) is 2. The van der Waals surface area contributed by atoms with Gasteiger partial charge in [0.1, 0.15) is 0 Å². The summed E-state index contributed by atoms with van der Waals surface area (Å²) in [5.41, 5.74) is -0.104. The van der Waals surface area contributed by atoms with Gasteiger partial charge in [0.25, 0.3) is 0 Å². The fourth-order valence-electron chi connectivity index (χ4n) is 1.26.